The standard InChI is InChI=1S/C19H15F3N4O/c20-14-7-6-13(17(21)18(14)22)19(27)24-16-9-8-15(25-26-16)23-11-10-12-4-2-1-3-5-12/h1-9H,10-11H2,(H,23,25)(H,24,26,27). The van der Waals surface area contributed by atoms with Gasteiger partial charge in [-0.25, -0.2) is 13.2 Å². The maximum absolute atomic E-state index is 13.6. The highest BCUT2D eigenvalue weighted by molar-refractivity contribution is 6.03. The first-order valence-corrected chi connectivity index (χ1v) is 8.11. The van der Waals surface area contributed by atoms with Crippen LogP contribution in [0.25, 0.3) is 0 Å². The Balaban J connectivity index is 1.57. The van der Waals surface area contributed by atoms with E-state index >= 15 is 0 Å². The van der Waals surface area contributed by atoms with Crippen molar-refractivity contribution < 1.29 is 18.0 Å². The summed E-state index contributed by atoms with van der Waals surface area (Å²) in [5.74, 6) is -5.02. The lowest BCUT2D eigenvalue weighted by Gasteiger charge is -2.08. The third-order valence-electron chi connectivity index (χ3n) is 3.75. The summed E-state index contributed by atoms with van der Waals surface area (Å²) in [6.07, 6.45) is 0.802. The summed E-state index contributed by atoms with van der Waals surface area (Å²) < 4.78 is 39.8. The first-order chi connectivity index (χ1) is 13.0. The van der Waals surface area contributed by atoms with Crippen LogP contribution in [-0.4, -0.2) is 22.6 Å². The van der Waals surface area contributed by atoms with Gasteiger partial charge in [0.2, 0.25) is 0 Å². The zero-order valence-electron chi connectivity index (χ0n) is 14.0. The Morgan fingerprint density at radius 2 is 1.56 bits per heavy atom. The summed E-state index contributed by atoms with van der Waals surface area (Å²) in [6, 6.07) is 14.5. The highest BCUT2D eigenvalue weighted by Gasteiger charge is 2.19. The van der Waals surface area contributed by atoms with Crippen LogP contribution in [0.3, 0.4) is 0 Å². The number of halogens is 3. The molecule has 0 bridgehead atoms. The molecule has 8 heteroatoms. The van der Waals surface area contributed by atoms with Gasteiger partial charge in [-0.15, -0.1) is 10.2 Å². The van der Waals surface area contributed by atoms with E-state index in [1.54, 1.807) is 6.07 Å². The van der Waals surface area contributed by atoms with Crippen LogP contribution in [-0.2, 0) is 6.42 Å². The van der Waals surface area contributed by atoms with Gasteiger partial charge in [-0.3, -0.25) is 4.79 Å². The molecular weight excluding hydrogens is 357 g/mol. The molecule has 2 N–H and O–H groups in total. The van der Waals surface area contributed by atoms with E-state index in [1.807, 2.05) is 30.3 Å². The van der Waals surface area contributed by atoms with E-state index in [2.05, 4.69) is 20.8 Å². The van der Waals surface area contributed by atoms with Crippen LogP contribution in [0, 0.1) is 17.5 Å². The molecule has 0 aliphatic carbocycles. The zero-order valence-corrected chi connectivity index (χ0v) is 14.0. The van der Waals surface area contributed by atoms with E-state index in [0.717, 1.165) is 12.5 Å². The molecule has 0 saturated carbocycles. The van der Waals surface area contributed by atoms with Gasteiger partial charge in [-0.1, -0.05) is 30.3 Å². The Labute approximate surface area is 153 Å². The SMILES string of the molecule is O=C(Nc1ccc(NCCc2ccccc2)nn1)c1ccc(F)c(F)c1F. The molecule has 0 atom stereocenters. The minimum Gasteiger partial charge on any atom is -0.368 e. The molecule has 0 unspecified atom stereocenters. The smallest absolute Gasteiger partial charge is 0.259 e. The summed E-state index contributed by atoms with van der Waals surface area (Å²) in [5, 5.41) is 13.1. The van der Waals surface area contributed by atoms with E-state index < -0.39 is 28.9 Å². The zero-order chi connectivity index (χ0) is 19.2. The van der Waals surface area contributed by atoms with Crippen molar-refractivity contribution in [2.45, 2.75) is 6.42 Å². The van der Waals surface area contributed by atoms with Gasteiger partial charge < -0.3 is 10.6 Å². The number of rotatable bonds is 6. The van der Waals surface area contributed by atoms with Gasteiger partial charge in [0.25, 0.3) is 5.91 Å². The highest BCUT2D eigenvalue weighted by Crippen LogP contribution is 2.16. The van der Waals surface area contributed by atoms with Crippen molar-refractivity contribution in [2.75, 3.05) is 17.2 Å². The Morgan fingerprint density at radius 3 is 2.26 bits per heavy atom. The minimum atomic E-state index is -1.70. The molecular formula is C19H15F3N4O. The predicted octanol–water partition coefficient (Wildman–Crippen LogP) is 3.80. The van der Waals surface area contributed by atoms with Gasteiger partial charge in [0.05, 0.1) is 5.56 Å². The maximum Gasteiger partial charge on any atom is 0.259 e. The molecule has 0 radical (unpaired) electrons. The van der Waals surface area contributed by atoms with Gasteiger partial charge in [-0.2, -0.15) is 0 Å². The molecule has 0 fully saturated rings. The number of hydrogen-bond acceptors (Lipinski definition) is 4. The fourth-order valence-electron chi connectivity index (χ4n) is 2.36. The van der Waals surface area contributed by atoms with Crippen LogP contribution in [0.15, 0.2) is 54.6 Å². The van der Waals surface area contributed by atoms with Gasteiger partial charge in [0, 0.05) is 6.54 Å². The quantitative estimate of drug-likeness (QED) is 0.646. The summed E-state index contributed by atoms with van der Waals surface area (Å²) in [5.41, 5.74) is 0.552. The van der Waals surface area contributed by atoms with E-state index in [0.29, 0.717) is 18.4 Å². The minimum absolute atomic E-state index is 0.0535. The number of aromatic nitrogens is 2. The van der Waals surface area contributed by atoms with E-state index in [-0.39, 0.29) is 5.82 Å². The lowest BCUT2D eigenvalue weighted by Crippen LogP contribution is -2.16. The molecule has 0 saturated heterocycles. The fourth-order valence-corrected chi connectivity index (χ4v) is 2.36. The molecule has 27 heavy (non-hydrogen) atoms. The number of carbonyl (C=O) groups is 1. The van der Waals surface area contributed by atoms with E-state index in [4.69, 9.17) is 0 Å². The first-order valence-electron chi connectivity index (χ1n) is 8.11. The third kappa shape index (κ3) is 4.60. The van der Waals surface area contributed by atoms with Crippen molar-refractivity contribution >= 4 is 17.5 Å². The molecule has 3 aromatic rings. The van der Waals surface area contributed by atoms with Gasteiger partial charge in [-0.05, 0) is 36.2 Å². The van der Waals surface area contributed by atoms with Crippen LogP contribution in [0.2, 0.25) is 0 Å². The maximum atomic E-state index is 13.6. The van der Waals surface area contributed by atoms with Crippen LogP contribution in [0.4, 0.5) is 24.8 Å². The number of amides is 1. The summed E-state index contributed by atoms with van der Waals surface area (Å²) >= 11 is 0. The Bertz CT molecular complexity index is 934. The summed E-state index contributed by atoms with van der Waals surface area (Å²) in [4.78, 5) is 12.0. The van der Waals surface area contributed by atoms with Gasteiger partial charge in [0.15, 0.2) is 23.3 Å². The molecule has 5 nitrogen and oxygen atoms in total. The number of benzene rings is 2. The molecule has 0 aliphatic rings. The number of anilines is 2. The second-order valence-corrected chi connectivity index (χ2v) is 5.64. The lowest BCUT2D eigenvalue weighted by atomic mass is 10.1. The van der Waals surface area contributed by atoms with Crippen LogP contribution in [0.5, 0.6) is 0 Å². The van der Waals surface area contributed by atoms with Crippen molar-refractivity contribution in [3.8, 4) is 0 Å². The van der Waals surface area contributed by atoms with Crippen molar-refractivity contribution in [1.29, 1.82) is 0 Å². The van der Waals surface area contributed by atoms with Crippen molar-refractivity contribution in [3.63, 3.8) is 0 Å². The number of carbonyl (C=O) groups excluding carboxylic acids is 1. The Kier molecular flexibility index (Phi) is 5.65. The Hall–Kier alpha value is -3.42. The molecule has 1 amide bonds. The molecule has 1 heterocycles. The number of nitrogens with zero attached hydrogens (tertiary/aromatic N) is 2. The first kappa shape index (κ1) is 18.4. The third-order valence-corrected chi connectivity index (χ3v) is 3.75. The van der Waals surface area contributed by atoms with Crippen LogP contribution < -0.4 is 10.6 Å². The summed E-state index contributed by atoms with van der Waals surface area (Å²) in [7, 11) is 0. The second kappa shape index (κ2) is 8.31. The van der Waals surface area contributed by atoms with E-state index in [1.165, 1.54) is 11.6 Å². The van der Waals surface area contributed by atoms with Crippen LogP contribution >= 0.6 is 0 Å². The topological polar surface area (TPSA) is 66.9 Å². The molecule has 0 aliphatic heterocycles. The predicted molar refractivity (Wildman–Crippen MR) is 94.9 cm³/mol. The lowest BCUT2D eigenvalue weighted by molar-refractivity contribution is 0.102. The molecule has 138 valence electrons. The second-order valence-electron chi connectivity index (χ2n) is 5.64. The monoisotopic (exact) mass is 372 g/mol. The Morgan fingerprint density at radius 1 is 0.852 bits per heavy atom. The molecule has 0 spiro atoms. The largest absolute Gasteiger partial charge is 0.368 e. The molecule has 2 aromatic carbocycles. The van der Waals surface area contributed by atoms with Crippen molar-refractivity contribution in [3.05, 3.63) is 83.2 Å². The van der Waals surface area contributed by atoms with Gasteiger partial charge in [0.1, 0.15) is 5.82 Å². The fraction of sp³-hybridized carbons (Fsp3) is 0.105. The number of hydrogen-bond donors (Lipinski definition) is 2. The number of nitrogens with one attached hydrogen (secondary N) is 2. The van der Waals surface area contributed by atoms with Crippen LogP contribution in [0.1, 0.15) is 15.9 Å². The highest BCUT2D eigenvalue weighted by atomic mass is 19.2. The van der Waals surface area contributed by atoms with Crippen molar-refractivity contribution in [2.24, 2.45) is 0 Å². The molecule has 3 rings (SSSR count). The summed E-state index contributed by atoms with van der Waals surface area (Å²) in [6.45, 7) is 0.643. The molecule has 1 aromatic heterocycles. The average Bonchev–Trinajstić information content (AvgIpc) is 2.68. The van der Waals surface area contributed by atoms with Crippen molar-refractivity contribution in [1.82, 2.24) is 10.2 Å². The van der Waals surface area contributed by atoms with Gasteiger partial charge >= 0.3 is 0 Å². The normalized spacial score (nSPS) is 10.5. The van der Waals surface area contributed by atoms with E-state index in [9.17, 15) is 18.0 Å². The average molecular weight is 372 g/mol.